The van der Waals surface area contributed by atoms with Gasteiger partial charge in [0.25, 0.3) is 0 Å². The van der Waals surface area contributed by atoms with E-state index in [0.717, 1.165) is 11.1 Å². The van der Waals surface area contributed by atoms with Crippen molar-refractivity contribution in [3.63, 3.8) is 0 Å². The first-order valence-corrected chi connectivity index (χ1v) is 7.81. The summed E-state index contributed by atoms with van der Waals surface area (Å²) in [4.78, 5) is 27.9. The van der Waals surface area contributed by atoms with Crippen LogP contribution in [-0.2, 0) is 16.0 Å². The van der Waals surface area contributed by atoms with Gasteiger partial charge in [-0.15, -0.1) is 0 Å². The summed E-state index contributed by atoms with van der Waals surface area (Å²) in [6.07, 6.45) is 1.34. The maximum atomic E-state index is 12.7. The van der Waals surface area contributed by atoms with Crippen molar-refractivity contribution in [2.75, 3.05) is 6.54 Å². The lowest BCUT2D eigenvalue weighted by molar-refractivity contribution is -0.140. The van der Waals surface area contributed by atoms with Crippen molar-refractivity contribution in [1.82, 2.24) is 5.32 Å². The van der Waals surface area contributed by atoms with E-state index in [1.165, 1.54) is 0 Å². The van der Waals surface area contributed by atoms with Crippen molar-refractivity contribution in [3.8, 4) is 0 Å². The van der Waals surface area contributed by atoms with Crippen LogP contribution in [0.3, 0.4) is 0 Å². The Labute approximate surface area is 140 Å². The van der Waals surface area contributed by atoms with Gasteiger partial charge in [0.2, 0.25) is 0 Å². The van der Waals surface area contributed by atoms with Crippen LogP contribution in [0.2, 0.25) is 0 Å². The highest BCUT2D eigenvalue weighted by atomic mass is 16.4. The van der Waals surface area contributed by atoms with Crippen molar-refractivity contribution in [2.45, 2.75) is 37.4 Å². The number of carboxylic acids is 1. The Bertz CT molecular complexity index is 642. The zero-order valence-corrected chi connectivity index (χ0v) is 13.3. The van der Waals surface area contributed by atoms with Crippen LogP contribution in [0.4, 0.5) is 0 Å². The maximum Gasteiger partial charge on any atom is 0.321 e. The Kier molecular flexibility index (Phi) is 5.88. The second-order valence-electron chi connectivity index (χ2n) is 5.85. The minimum absolute atomic E-state index is 0.00192. The Morgan fingerprint density at radius 3 is 2.71 bits per heavy atom. The van der Waals surface area contributed by atoms with Crippen molar-refractivity contribution in [3.05, 3.63) is 35.4 Å². The third-order valence-corrected chi connectivity index (χ3v) is 4.07. The fraction of sp³-hybridized carbons (Fsp3) is 0.438. The summed E-state index contributed by atoms with van der Waals surface area (Å²) in [5, 5.41) is 12.2. The number of nitrogens with zero attached hydrogens (tertiary/aromatic N) is 1. The molecule has 0 saturated carbocycles. The smallest absolute Gasteiger partial charge is 0.321 e. The fourth-order valence-electron chi connectivity index (χ4n) is 2.84. The van der Waals surface area contributed by atoms with Crippen LogP contribution >= 0.6 is 0 Å². The van der Waals surface area contributed by atoms with Crippen LogP contribution in [0.25, 0.3) is 0 Å². The predicted molar refractivity (Wildman–Crippen MR) is 90.3 cm³/mol. The van der Waals surface area contributed by atoms with Crippen LogP contribution in [0, 0.1) is 0 Å². The third kappa shape index (κ3) is 4.30. The normalized spacial score (nSPS) is 20.7. The number of aliphatic imine (C=N–C) groups is 1. The first-order valence-electron chi connectivity index (χ1n) is 7.81. The number of nitrogens with one attached hydrogen (secondary N) is 1. The Morgan fingerprint density at radius 2 is 2.04 bits per heavy atom. The van der Waals surface area contributed by atoms with Crippen molar-refractivity contribution >= 4 is 17.7 Å². The molecule has 0 saturated heterocycles. The first-order chi connectivity index (χ1) is 11.4. The maximum absolute atomic E-state index is 12.7. The molecule has 2 rings (SSSR count). The number of hydrogen-bond acceptors (Lipinski definition) is 5. The molecule has 0 bridgehead atoms. The number of carbonyl (C=O) groups is 2. The predicted octanol–water partition coefficient (Wildman–Crippen LogP) is -0.723. The van der Waals surface area contributed by atoms with Gasteiger partial charge < -0.3 is 22.3 Å². The standard InChI is InChI=1S/C16H23N5O3/c17-11(6-3-7-20-16(18)19)14(22)13-10-5-2-1-4-9(10)8-12(21-13)15(23)24/h1-2,4-5,11-13,21H,3,6-8,17H2,(H,23,24)(H4,18,19,20)/t11-,12?,13?/m0/s1. The van der Waals surface area contributed by atoms with E-state index >= 15 is 0 Å². The lowest BCUT2D eigenvalue weighted by atomic mass is 9.86. The highest BCUT2D eigenvalue weighted by molar-refractivity contribution is 5.91. The lowest BCUT2D eigenvalue weighted by Gasteiger charge is -2.31. The summed E-state index contributed by atoms with van der Waals surface area (Å²) in [5.74, 6) is -1.20. The summed E-state index contributed by atoms with van der Waals surface area (Å²) in [7, 11) is 0. The Balaban J connectivity index is 2.09. The molecular formula is C16H23N5O3. The van der Waals surface area contributed by atoms with E-state index < -0.39 is 24.1 Å². The molecule has 3 atom stereocenters. The molecule has 1 heterocycles. The number of fused-ring (bicyclic) bond motifs is 1. The minimum Gasteiger partial charge on any atom is -0.480 e. The molecule has 8 heteroatoms. The average molecular weight is 333 g/mol. The van der Waals surface area contributed by atoms with Gasteiger partial charge in [-0.25, -0.2) is 0 Å². The largest absolute Gasteiger partial charge is 0.480 e. The number of guanidine groups is 1. The first kappa shape index (κ1) is 17.9. The minimum atomic E-state index is -0.983. The van der Waals surface area contributed by atoms with Gasteiger partial charge in [0.15, 0.2) is 11.7 Å². The summed E-state index contributed by atoms with van der Waals surface area (Å²) in [6, 6.07) is 5.10. The average Bonchev–Trinajstić information content (AvgIpc) is 2.56. The molecule has 1 aliphatic rings. The second-order valence-corrected chi connectivity index (χ2v) is 5.85. The third-order valence-electron chi connectivity index (χ3n) is 4.07. The zero-order valence-electron chi connectivity index (χ0n) is 13.3. The van der Waals surface area contributed by atoms with Gasteiger partial charge in [-0.05, 0) is 30.4 Å². The Hall–Kier alpha value is -2.45. The SMILES string of the molecule is NC(N)=NCCC[C@H](N)C(=O)C1NC(C(=O)O)Cc2ccccc21. The fourth-order valence-corrected chi connectivity index (χ4v) is 2.84. The number of aliphatic carboxylic acids is 1. The van der Waals surface area contributed by atoms with Crippen molar-refractivity contribution in [1.29, 1.82) is 0 Å². The quantitative estimate of drug-likeness (QED) is 0.250. The number of Topliss-reactive ketones (excluding diaryl/α,β-unsaturated/α-hetero) is 1. The molecule has 0 amide bonds. The van der Waals surface area contributed by atoms with E-state index in [1.54, 1.807) is 0 Å². The molecular weight excluding hydrogens is 310 g/mol. The van der Waals surface area contributed by atoms with Crippen LogP contribution in [-0.4, -0.2) is 41.4 Å². The van der Waals surface area contributed by atoms with E-state index in [9.17, 15) is 14.7 Å². The van der Waals surface area contributed by atoms with Gasteiger partial charge in [-0.1, -0.05) is 24.3 Å². The molecule has 1 aromatic rings. The molecule has 0 aliphatic carbocycles. The molecule has 0 radical (unpaired) electrons. The molecule has 1 aliphatic heterocycles. The van der Waals surface area contributed by atoms with Crippen LogP contribution in [0.5, 0.6) is 0 Å². The van der Waals surface area contributed by atoms with E-state index in [2.05, 4.69) is 10.3 Å². The summed E-state index contributed by atoms with van der Waals surface area (Å²) < 4.78 is 0. The topological polar surface area (TPSA) is 157 Å². The monoisotopic (exact) mass is 333 g/mol. The van der Waals surface area contributed by atoms with Gasteiger partial charge in [0.1, 0.15) is 6.04 Å². The number of ketones is 1. The van der Waals surface area contributed by atoms with Gasteiger partial charge in [-0.2, -0.15) is 0 Å². The molecule has 8 N–H and O–H groups in total. The van der Waals surface area contributed by atoms with E-state index in [0.29, 0.717) is 25.8 Å². The van der Waals surface area contributed by atoms with Gasteiger partial charge in [0.05, 0.1) is 12.1 Å². The molecule has 2 unspecified atom stereocenters. The van der Waals surface area contributed by atoms with E-state index in [4.69, 9.17) is 17.2 Å². The van der Waals surface area contributed by atoms with Crippen molar-refractivity contribution < 1.29 is 14.7 Å². The van der Waals surface area contributed by atoms with Crippen LogP contribution in [0.15, 0.2) is 29.3 Å². The van der Waals surface area contributed by atoms with E-state index in [-0.39, 0.29) is 11.7 Å². The molecule has 0 spiro atoms. The number of carbonyl (C=O) groups excluding carboxylic acids is 1. The van der Waals surface area contributed by atoms with Gasteiger partial charge >= 0.3 is 5.97 Å². The molecule has 1 aromatic carbocycles. The van der Waals surface area contributed by atoms with Gasteiger partial charge in [-0.3, -0.25) is 19.9 Å². The number of nitrogens with two attached hydrogens (primary N) is 3. The summed E-state index contributed by atoms with van der Waals surface area (Å²) in [6.45, 7) is 0.399. The van der Waals surface area contributed by atoms with Crippen LogP contribution < -0.4 is 22.5 Å². The summed E-state index contributed by atoms with van der Waals surface area (Å²) in [5.41, 5.74) is 18.1. The second kappa shape index (κ2) is 7.89. The highest BCUT2D eigenvalue weighted by Crippen LogP contribution is 2.27. The molecule has 24 heavy (non-hydrogen) atoms. The van der Waals surface area contributed by atoms with Crippen molar-refractivity contribution in [2.24, 2.45) is 22.2 Å². The van der Waals surface area contributed by atoms with Gasteiger partial charge in [0, 0.05) is 6.54 Å². The number of benzene rings is 1. The van der Waals surface area contributed by atoms with E-state index in [1.807, 2.05) is 24.3 Å². The molecule has 8 nitrogen and oxygen atoms in total. The number of carboxylic acid groups (broad SMARTS) is 1. The summed E-state index contributed by atoms with van der Waals surface area (Å²) >= 11 is 0. The molecule has 130 valence electrons. The zero-order chi connectivity index (χ0) is 17.7. The Morgan fingerprint density at radius 1 is 1.33 bits per heavy atom. The molecule has 0 aromatic heterocycles. The number of hydrogen-bond donors (Lipinski definition) is 5. The molecule has 0 fully saturated rings. The highest BCUT2D eigenvalue weighted by Gasteiger charge is 2.35. The lowest BCUT2D eigenvalue weighted by Crippen LogP contribution is -2.50. The number of rotatable bonds is 7. The van der Waals surface area contributed by atoms with Crippen LogP contribution in [0.1, 0.15) is 30.0 Å².